The Morgan fingerprint density at radius 1 is 1.35 bits per heavy atom. The second-order valence-corrected chi connectivity index (χ2v) is 5.88. The second kappa shape index (κ2) is 6.38. The van der Waals surface area contributed by atoms with Gasteiger partial charge in [-0.1, -0.05) is 20.4 Å². The first kappa shape index (κ1) is 16.4. The molecule has 0 heterocycles. The Morgan fingerprint density at radius 3 is 2.29 bits per heavy atom. The van der Waals surface area contributed by atoms with E-state index >= 15 is 0 Å². The van der Waals surface area contributed by atoms with Gasteiger partial charge >= 0.3 is 0 Å². The Labute approximate surface area is 104 Å². The Kier molecular flexibility index (Phi) is 6.16. The van der Waals surface area contributed by atoms with Gasteiger partial charge < -0.3 is 20.7 Å². The monoisotopic (exact) mass is 245 g/mol. The van der Waals surface area contributed by atoms with E-state index < -0.39 is 11.9 Å². The summed E-state index contributed by atoms with van der Waals surface area (Å²) in [6, 6.07) is 0. The molecule has 17 heavy (non-hydrogen) atoms. The third-order valence-corrected chi connectivity index (χ3v) is 2.58. The van der Waals surface area contributed by atoms with Crippen molar-refractivity contribution in [3.05, 3.63) is 12.3 Å². The SMILES string of the molecule is C=C(N)C(O)CCCC(C)(C)COC(C)(C)O. The lowest BCUT2D eigenvalue weighted by molar-refractivity contribution is -0.192. The highest BCUT2D eigenvalue weighted by atomic mass is 16.6. The maximum Gasteiger partial charge on any atom is 0.159 e. The lowest BCUT2D eigenvalue weighted by Gasteiger charge is -2.29. The van der Waals surface area contributed by atoms with E-state index in [2.05, 4.69) is 20.4 Å². The van der Waals surface area contributed by atoms with Crippen molar-refractivity contribution in [1.29, 1.82) is 0 Å². The lowest BCUT2D eigenvalue weighted by atomic mass is 9.87. The molecule has 0 rings (SSSR count). The summed E-state index contributed by atoms with van der Waals surface area (Å²) in [6.07, 6.45) is 1.73. The van der Waals surface area contributed by atoms with Crippen LogP contribution < -0.4 is 5.73 Å². The summed E-state index contributed by atoms with van der Waals surface area (Å²) >= 11 is 0. The Hall–Kier alpha value is -0.580. The number of aliphatic hydroxyl groups is 2. The van der Waals surface area contributed by atoms with Gasteiger partial charge in [-0.2, -0.15) is 0 Å². The zero-order chi connectivity index (χ0) is 13.7. The number of rotatable bonds is 8. The molecule has 4 N–H and O–H groups in total. The molecule has 0 amide bonds. The predicted octanol–water partition coefficient (Wildman–Crippen LogP) is 1.76. The van der Waals surface area contributed by atoms with Crippen LogP contribution in [0.1, 0.15) is 47.0 Å². The Balaban J connectivity index is 3.90. The molecule has 0 aromatic carbocycles. The number of hydrogen-bond acceptors (Lipinski definition) is 4. The molecule has 1 atom stereocenters. The van der Waals surface area contributed by atoms with Crippen LogP contribution in [-0.2, 0) is 4.74 Å². The van der Waals surface area contributed by atoms with Gasteiger partial charge in [0.1, 0.15) is 0 Å². The van der Waals surface area contributed by atoms with Crippen LogP contribution in [0.15, 0.2) is 12.3 Å². The molecule has 0 spiro atoms. The van der Waals surface area contributed by atoms with Crippen LogP contribution in [-0.4, -0.2) is 28.7 Å². The maximum absolute atomic E-state index is 9.49. The Morgan fingerprint density at radius 2 is 1.88 bits per heavy atom. The highest BCUT2D eigenvalue weighted by Gasteiger charge is 2.23. The smallest absolute Gasteiger partial charge is 0.159 e. The average molecular weight is 245 g/mol. The van der Waals surface area contributed by atoms with E-state index in [1.807, 2.05) is 0 Å². The molecule has 4 heteroatoms. The zero-order valence-corrected chi connectivity index (χ0v) is 11.5. The lowest BCUT2D eigenvalue weighted by Crippen LogP contribution is -2.30. The van der Waals surface area contributed by atoms with Gasteiger partial charge in [-0.05, 0) is 38.5 Å². The molecule has 0 aromatic heterocycles. The molecule has 102 valence electrons. The largest absolute Gasteiger partial charge is 0.400 e. The molecule has 0 fully saturated rings. The fraction of sp³-hybridized carbons (Fsp3) is 0.846. The molecule has 4 nitrogen and oxygen atoms in total. The maximum atomic E-state index is 9.49. The van der Waals surface area contributed by atoms with Crippen LogP contribution in [0, 0.1) is 5.41 Å². The van der Waals surface area contributed by atoms with Crippen molar-refractivity contribution >= 4 is 0 Å². The van der Waals surface area contributed by atoms with Crippen molar-refractivity contribution in [3.63, 3.8) is 0 Å². The van der Waals surface area contributed by atoms with E-state index in [0.29, 0.717) is 18.7 Å². The molecule has 0 radical (unpaired) electrons. The van der Waals surface area contributed by atoms with Crippen LogP contribution in [0.5, 0.6) is 0 Å². The molecule has 0 bridgehead atoms. The van der Waals surface area contributed by atoms with E-state index in [4.69, 9.17) is 10.5 Å². The van der Waals surface area contributed by atoms with Crippen LogP contribution in [0.2, 0.25) is 0 Å². The van der Waals surface area contributed by atoms with Gasteiger partial charge in [0.05, 0.1) is 12.7 Å². The normalized spacial score (nSPS) is 14.7. The summed E-state index contributed by atoms with van der Waals surface area (Å²) in [6.45, 7) is 11.4. The summed E-state index contributed by atoms with van der Waals surface area (Å²) in [5.74, 6) is -1.09. The van der Waals surface area contributed by atoms with E-state index in [1.54, 1.807) is 13.8 Å². The van der Waals surface area contributed by atoms with Crippen LogP contribution in [0.3, 0.4) is 0 Å². The van der Waals surface area contributed by atoms with Crippen LogP contribution >= 0.6 is 0 Å². The number of nitrogens with two attached hydrogens (primary N) is 1. The molecule has 1 unspecified atom stereocenters. The summed E-state index contributed by atoms with van der Waals surface area (Å²) in [7, 11) is 0. The molecule has 0 aromatic rings. The summed E-state index contributed by atoms with van der Waals surface area (Å²) < 4.78 is 5.35. The summed E-state index contributed by atoms with van der Waals surface area (Å²) in [4.78, 5) is 0. The molecular formula is C13H27NO3. The van der Waals surface area contributed by atoms with Crippen molar-refractivity contribution in [2.75, 3.05) is 6.61 Å². The topological polar surface area (TPSA) is 75.7 Å². The van der Waals surface area contributed by atoms with Crippen molar-refractivity contribution in [1.82, 2.24) is 0 Å². The highest BCUT2D eigenvalue weighted by Crippen LogP contribution is 2.26. The van der Waals surface area contributed by atoms with Gasteiger partial charge in [-0.3, -0.25) is 0 Å². The number of aliphatic hydroxyl groups excluding tert-OH is 1. The quantitative estimate of drug-likeness (QED) is 0.570. The van der Waals surface area contributed by atoms with Crippen LogP contribution in [0.25, 0.3) is 0 Å². The van der Waals surface area contributed by atoms with Crippen molar-refractivity contribution in [3.8, 4) is 0 Å². The van der Waals surface area contributed by atoms with E-state index in [0.717, 1.165) is 12.8 Å². The minimum Gasteiger partial charge on any atom is -0.400 e. The van der Waals surface area contributed by atoms with E-state index in [1.165, 1.54) is 0 Å². The van der Waals surface area contributed by atoms with Gasteiger partial charge in [0.15, 0.2) is 5.79 Å². The van der Waals surface area contributed by atoms with Crippen molar-refractivity contribution < 1.29 is 14.9 Å². The minimum absolute atomic E-state index is 0.0321. The molecular weight excluding hydrogens is 218 g/mol. The molecule has 0 saturated heterocycles. The van der Waals surface area contributed by atoms with Gasteiger partial charge in [0.2, 0.25) is 0 Å². The molecule has 0 saturated carbocycles. The number of hydrogen-bond donors (Lipinski definition) is 3. The predicted molar refractivity (Wildman–Crippen MR) is 69.2 cm³/mol. The highest BCUT2D eigenvalue weighted by molar-refractivity contribution is 4.94. The number of ether oxygens (including phenoxy) is 1. The standard InChI is InChI=1S/C13H27NO3/c1-10(14)11(15)7-6-8-12(2,3)9-17-13(4,5)16/h11,15-16H,1,6-9,14H2,2-5H3. The third-order valence-electron chi connectivity index (χ3n) is 2.58. The van der Waals surface area contributed by atoms with E-state index in [-0.39, 0.29) is 5.41 Å². The zero-order valence-electron chi connectivity index (χ0n) is 11.5. The first-order valence-electron chi connectivity index (χ1n) is 6.02. The first-order chi connectivity index (χ1) is 7.53. The molecule has 0 aliphatic rings. The Bertz CT molecular complexity index is 244. The summed E-state index contributed by atoms with van der Waals surface area (Å²) in [5.41, 5.74) is 5.68. The summed E-state index contributed by atoms with van der Waals surface area (Å²) in [5, 5.41) is 19.0. The first-order valence-corrected chi connectivity index (χ1v) is 6.02. The minimum atomic E-state index is -1.09. The molecule has 0 aliphatic heterocycles. The third kappa shape index (κ3) is 9.15. The van der Waals surface area contributed by atoms with Gasteiger partial charge in [-0.25, -0.2) is 0 Å². The fourth-order valence-corrected chi connectivity index (χ4v) is 1.40. The van der Waals surface area contributed by atoms with Crippen molar-refractivity contribution in [2.45, 2.75) is 58.8 Å². The van der Waals surface area contributed by atoms with E-state index in [9.17, 15) is 10.2 Å². The van der Waals surface area contributed by atoms with Crippen molar-refractivity contribution in [2.24, 2.45) is 11.1 Å². The average Bonchev–Trinajstić information content (AvgIpc) is 2.13. The molecule has 0 aliphatic carbocycles. The second-order valence-electron chi connectivity index (χ2n) is 5.88. The van der Waals surface area contributed by atoms with Gasteiger partial charge in [0, 0.05) is 5.70 Å². The van der Waals surface area contributed by atoms with Gasteiger partial charge in [-0.15, -0.1) is 0 Å². The fourth-order valence-electron chi connectivity index (χ4n) is 1.40. The van der Waals surface area contributed by atoms with Crippen LogP contribution in [0.4, 0.5) is 0 Å². The van der Waals surface area contributed by atoms with Gasteiger partial charge in [0.25, 0.3) is 0 Å².